The molecule has 3 nitrogen and oxygen atoms in total. The number of rotatable bonds is 5. The van der Waals surface area contributed by atoms with E-state index in [1.54, 1.807) is 12.1 Å². The summed E-state index contributed by atoms with van der Waals surface area (Å²) in [6.07, 6.45) is 3.62. The van der Waals surface area contributed by atoms with Crippen LogP contribution in [0.4, 0.5) is 4.39 Å². The first kappa shape index (κ1) is 14.3. The molecule has 0 aliphatic rings. The molecule has 0 aliphatic heterocycles. The van der Waals surface area contributed by atoms with Gasteiger partial charge >= 0.3 is 0 Å². The van der Waals surface area contributed by atoms with Crippen LogP contribution in [0, 0.1) is 17.1 Å². The standard InChI is InChI=1S/C16H18FN3/c1-2-14(19)9-15-4-3-7-20(15)11-13-6-5-12(10-18)8-16(13)17/h3-8,14H,2,9,11,19H2,1H3. The van der Waals surface area contributed by atoms with Crippen molar-refractivity contribution in [1.82, 2.24) is 4.57 Å². The van der Waals surface area contributed by atoms with E-state index in [1.807, 2.05) is 29.0 Å². The van der Waals surface area contributed by atoms with E-state index in [0.717, 1.165) is 18.5 Å². The summed E-state index contributed by atoms with van der Waals surface area (Å²) >= 11 is 0. The normalized spacial score (nSPS) is 12.1. The maximum atomic E-state index is 13.9. The van der Waals surface area contributed by atoms with E-state index in [1.165, 1.54) is 6.07 Å². The molecule has 2 N–H and O–H groups in total. The number of benzene rings is 1. The number of nitrogens with two attached hydrogens (primary N) is 1. The van der Waals surface area contributed by atoms with Gasteiger partial charge in [0.2, 0.25) is 0 Å². The number of hydrogen-bond acceptors (Lipinski definition) is 2. The summed E-state index contributed by atoms with van der Waals surface area (Å²) in [6.45, 7) is 2.51. The first-order valence-corrected chi connectivity index (χ1v) is 6.72. The molecule has 1 atom stereocenters. The smallest absolute Gasteiger partial charge is 0.129 e. The summed E-state index contributed by atoms with van der Waals surface area (Å²) in [7, 11) is 0. The summed E-state index contributed by atoms with van der Waals surface area (Å²) in [5, 5.41) is 8.74. The van der Waals surface area contributed by atoms with E-state index < -0.39 is 0 Å². The Kier molecular flexibility index (Phi) is 4.54. The highest BCUT2D eigenvalue weighted by Gasteiger charge is 2.09. The molecule has 20 heavy (non-hydrogen) atoms. The Bertz CT molecular complexity index is 625. The Morgan fingerprint density at radius 2 is 2.20 bits per heavy atom. The van der Waals surface area contributed by atoms with Crippen LogP contribution in [-0.2, 0) is 13.0 Å². The highest BCUT2D eigenvalue weighted by molar-refractivity contribution is 5.33. The van der Waals surface area contributed by atoms with Crippen molar-refractivity contribution in [2.24, 2.45) is 5.73 Å². The largest absolute Gasteiger partial charge is 0.347 e. The summed E-state index contributed by atoms with van der Waals surface area (Å²) < 4.78 is 15.9. The van der Waals surface area contributed by atoms with Crippen LogP contribution < -0.4 is 5.73 Å². The Labute approximate surface area is 118 Å². The van der Waals surface area contributed by atoms with Gasteiger partial charge in [-0.3, -0.25) is 0 Å². The molecule has 0 radical (unpaired) electrons. The van der Waals surface area contributed by atoms with Crippen LogP contribution in [0.15, 0.2) is 36.5 Å². The Morgan fingerprint density at radius 3 is 2.85 bits per heavy atom. The number of halogens is 1. The van der Waals surface area contributed by atoms with E-state index in [-0.39, 0.29) is 11.9 Å². The topological polar surface area (TPSA) is 54.7 Å². The average Bonchev–Trinajstić information content (AvgIpc) is 2.88. The molecule has 0 saturated heterocycles. The van der Waals surface area contributed by atoms with Crippen LogP contribution in [0.25, 0.3) is 0 Å². The minimum Gasteiger partial charge on any atom is -0.347 e. The van der Waals surface area contributed by atoms with Gasteiger partial charge in [0.05, 0.1) is 18.2 Å². The summed E-state index contributed by atoms with van der Waals surface area (Å²) in [4.78, 5) is 0. The second kappa shape index (κ2) is 6.36. The Morgan fingerprint density at radius 1 is 1.40 bits per heavy atom. The molecule has 2 rings (SSSR count). The van der Waals surface area contributed by atoms with Crippen molar-refractivity contribution < 1.29 is 4.39 Å². The van der Waals surface area contributed by atoms with Crippen LogP contribution >= 0.6 is 0 Å². The van der Waals surface area contributed by atoms with E-state index in [2.05, 4.69) is 6.92 Å². The predicted molar refractivity (Wildman–Crippen MR) is 76.6 cm³/mol. The zero-order chi connectivity index (χ0) is 14.5. The van der Waals surface area contributed by atoms with Crippen molar-refractivity contribution in [1.29, 1.82) is 5.26 Å². The van der Waals surface area contributed by atoms with Gasteiger partial charge in [-0.1, -0.05) is 13.0 Å². The van der Waals surface area contributed by atoms with E-state index in [4.69, 9.17) is 11.0 Å². The lowest BCUT2D eigenvalue weighted by Crippen LogP contribution is -2.23. The van der Waals surface area contributed by atoms with Crippen molar-refractivity contribution in [3.05, 3.63) is 59.2 Å². The molecule has 104 valence electrons. The Balaban J connectivity index is 2.19. The van der Waals surface area contributed by atoms with Crippen LogP contribution in [0.2, 0.25) is 0 Å². The lowest BCUT2D eigenvalue weighted by molar-refractivity contribution is 0.582. The first-order valence-electron chi connectivity index (χ1n) is 6.72. The van der Waals surface area contributed by atoms with Gasteiger partial charge in [-0.25, -0.2) is 4.39 Å². The number of nitriles is 1. The summed E-state index contributed by atoms with van der Waals surface area (Å²) in [5.41, 5.74) is 7.99. The molecule has 1 unspecified atom stereocenters. The van der Waals surface area contributed by atoms with Gasteiger partial charge in [-0.15, -0.1) is 0 Å². The van der Waals surface area contributed by atoms with Crippen molar-refractivity contribution in [2.75, 3.05) is 0 Å². The lowest BCUT2D eigenvalue weighted by atomic mass is 10.1. The molecule has 0 spiro atoms. The second-order valence-electron chi connectivity index (χ2n) is 4.92. The third kappa shape index (κ3) is 3.25. The van der Waals surface area contributed by atoms with Gasteiger partial charge in [-0.05, 0) is 30.7 Å². The van der Waals surface area contributed by atoms with Gasteiger partial charge in [-0.2, -0.15) is 5.26 Å². The maximum absolute atomic E-state index is 13.9. The molecule has 2 aromatic rings. The molecule has 0 saturated carbocycles. The number of hydrogen-bond donors (Lipinski definition) is 1. The third-order valence-electron chi connectivity index (χ3n) is 3.44. The van der Waals surface area contributed by atoms with Crippen LogP contribution in [-0.4, -0.2) is 10.6 Å². The predicted octanol–water partition coefficient (Wildman–Crippen LogP) is 2.83. The summed E-state index contributed by atoms with van der Waals surface area (Å²) in [5.74, 6) is -0.344. The zero-order valence-corrected chi connectivity index (χ0v) is 11.5. The molecule has 1 aromatic heterocycles. The number of aromatic nitrogens is 1. The van der Waals surface area contributed by atoms with E-state index in [9.17, 15) is 4.39 Å². The van der Waals surface area contributed by atoms with Crippen molar-refractivity contribution in [3.8, 4) is 6.07 Å². The molecule has 0 bridgehead atoms. The number of nitrogens with zero attached hydrogens (tertiary/aromatic N) is 2. The molecule has 0 aliphatic carbocycles. The molecular formula is C16H18FN3. The minimum absolute atomic E-state index is 0.120. The quantitative estimate of drug-likeness (QED) is 0.909. The van der Waals surface area contributed by atoms with Crippen LogP contribution in [0.5, 0.6) is 0 Å². The first-order chi connectivity index (χ1) is 9.63. The molecule has 1 heterocycles. The average molecular weight is 271 g/mol. The fourth-order valence-corrected chi connectivity index (χ4v) is 2.13. The highest BCUT2D eigenvalue weighted by atomic mass is 19.1. The Hall–Kier alpha value is -2.12. The fourth-order valence-electron chi connectivity index (χ4n) is 2.13. The van der Waals surface area contributed by atoms with Gasteiger partial charge in [0, 0.05) is 29.9 Å². The minimum atomic E-state index is -0.344. The molecule has 0 fully saturated rings. The molecule has 0 amide bonds. The van der Waals surface area contributed by atoms with E-state index >= 15 is 0 Å². The second-order valence-corrected chi connectivity index (χ2v) is 4.92. The van der Waals surface area contributed by atoms with Crippen molar-refractivity contribution in [3.63, 3.8) is 0 Å². The zero-order valence-electron chi connectivity index (χ0n) is 11.5. The monoisotopic (exact) mass is 271 g/mol. The van der Waals surface area contributed by atoms with Gasteiger partial charge < -0.3 is 10.3 Å². The molecular weight excluding hydrogens is 253 g/mol. The van der Waals surface area contributed by atoms with Crippen molar-refractivity contribution in [2.45, 2.75) is 32.4 Å². The highest BCUT2D eigenvalue weighted by Crippen LogP contribution is 2.14. The van der Waals surface area contributed by atoms with Gasteiger partial charge in [0.1, 0.15) is 5.82 Å². The van der Waals surface area contributed by atoms with Gasteiger partial charge in [0.25, 0.3) is 0 Å². The van der Waals surface area contributed by atoms with E-state index in [0.29, 0.717) is 17.7 Å². The molecule has 1 aromatic carbocycles. The summed E-state index contributed by atoms with van der Waals surface area (Å²) in [6, 6.07) is 10.6. The maximum Gasteiger partial charge on any atom is 0.129 e. The van der Waals surface area contributed by atoms with Crippen LogP contribution in [0.1, 0.15) is 30.2 Å². The van der Waals surface area contributed by atoms with Crippen molar-refractivity contribution >= 4 is 0 Å². The lowest BCUT2D eigenvalue weighted by Gasteiger charge is -2.13. The fraction of sp³-hybridized carbons (Fsp3) is 0.312. The van der Waals surface area contributed by atoms with Crippen LogP contribution in [0.3, 0.4) is 0 Å². The molecule has 4 heteroatoms. The van der Waals surface area contributed by atoms with Gasteiger partial charge in [0.15, 0.2) is 0 Å². The SMILES string of the molecule is CCC(N)Cc1cccn1Cc1ccc(C#N)cc1F. The third-order valence-corrected chi connectivity index (χ3v) is 3.44.